The zero-order valence-electron chi connectivity index (χ0n) is 20.3. The van der Waals surface area contributed by atoms with E-state index in [0.717, 1.165) is 66.4 Å². The molecule has 0 aromatic heterocycles. The van der Waals surface area contributed by atoms with Gasteiger partial charge in [0.1, 0.15) is 30.9 Å². The second-order valence-electron chi connectivity index (χ2n) is 7.78. The zero-order chi connectivity index (χ0) is 23.2. The first-order chi connectivity index (χ1) is 15.6. The number of aryl methyl sites for hydroxylation is 2. The quantitative estimate of drug-likeness (QED) is 0.162. The van der Waals surface area contributed by atoms with Gasteiger partial charge in [0.2, 0.25) is 0 Å². The van der Waals surface area contributed by atoms with E-state index in [1.165, 1.54) is 0 Å². The lowest BCUT2D eigenvalue weighted by atomic mass is 10.1. The fourth-order valence-corrected chi connectivity index (χ4v) is 3.55. The molecule has 0 aliphatic rings. The van der Waals surface area contributed by atoms with Crippen LogP contribution in [0.3, 0.4) is 0 Å². The van der Waals surface area contributed by atoms with Gasteiger partial charge in [-0.05, 0) is 70.0 Å². The molecule has 5 heteroatoms. The minimum Gasteiger partial charge on any atom is -0.493 e. The molecule has 2 aromatic rings. The van der Waals surface area contributed by atoms with Gasteiger partial charge >= 0.3 is 0 Å². The summed E-state index contributed by atoms with van der Waals surface area (Å²) in [4.78, 5) is 7.47. The third kappa shape index (κ3) is 8.39. The number of hydrogen-bond donors (Lipinski definition) is 0. The first-order valence-electron chi connectivity index (χ1n) is 11.4. The Morgan fingerprint density at radius 1 is 1.03 bits per heavy atom. The Labute approximate surface area is 193 Å². The number of oxime groups is 1. The molecule has 0 saturated heterocycles. The molecule has 0 N–H and O–H groups in total. The highest BCUT2D eigenvalue weighted by Crippen LogP contribution is 2.28. The predicted molar refractivity (Wildman–Crippen MR) is 133 cm³/mol. The highest BCUT2D eigenvalue weighted by molar-refractivity contribution is 6.01. The molecule has 5 nitrogen and oxygen atoms in total. The molecule has 2 rings (SSSR count). The van der Waals surface area contributed by atoms with Crippen LogP contribution in [0.2, 0.25) is 0 Å². The first kappa shape index (κ1) is 25.5. The Hall–Kier alpha value is -2.79. The smallest absolute Gasteiger partial charge is 0.125 e. The lowest BCUT2D eigenvalue weighted by Gasteiger charge is -2.21. The standard InChI is InChI=1S/C27H38N2O3/c1-6-8-17-31-25-19-22(3)27(23(4)20-25)32-18-13-12-16-29(7-2)21-26(28-30-5)24-14-10-9-11-15-24/h6,8-11,14-15,19-20H,7,12-13,16-18,21H2,1-5H3/b8-6+,28-26-. The number of ether oxygens (including phenoxy) is 2. The second-order valence-corrected chi connectivity index (χ2v) is 7.78. The summed E-state index contributed by atoms with van der Waals surface area (Å²) in [7, 11) is 1.60. The van der Waals surface area contributed by atoms with Crippen molar-refractivity contribution in [3.8, 4) is 11.5 Å². The summed E-state index contributed by atoms with van der Waals surface area (Å²) in [6.45, 7) is 12.3. The van der Waals surface area contributed by atoms with Crippen molar-refractivity contribution in [1.82, 2.24) is 4.90 Å². The largest absolute Gasteiger partial charge is 0.493 e. The Morgan fingerprint density at radius 2 is 1.75 bits per heavy atom. The van der Waals surface area contributed by atoms with Crippen molar-refractivity contribution in [3.05, 3.63) is 71.3 Å². The minimum atomic E-state index is 0.588. The zero-order valence-corrected chi connectivity index (χ0v) is 20.3. The van der Waals surface area contributed by atoms with E-state index in [1.54, 1.807) is 7.11 Å². The Balaban J connectivity index is 1.81. The van der Waals surface area contributed by atoms with Crippen LogP contribution in [0.25, 0.3) is 0 Å². The summed E-state index contributed by atoms with van der Waals surface area (Å²) in [5.74, 6) is 1.85. The fourth-order valence-electron chi connectivity index (χ4n) is 3.55. The van der Waals surface area contributed by atoms with E-state index in [4.69, 9.17) is 14.3 Å². The van der Waals surface area contributed by atoms with Crippen molar-refractivity contribution >= 4 is 5.71 Å². The van der Waals surface area contributed by atoms with Crippen molar-refractivity contribution in [2.75, 3.05) is 40.0 Å². The molecule has 0 bridgehead atoms. The molecular formula is C27H38N2O3. The molecule has 2 aromatic carbocycles. The Bertz CT molecular complexity index is 839. The first-order valence-corrected chi connectivity index (χ1v) is 11.4. The van der Waals surface area contributed by atoms with Crippen molar-refractivity contribution in [1.29, 1.82) is 0 Å². The second kappa shape index (κ2) is 14.3. The van der Waals surface area contributed by atoms with Gasteiger partial charge in [-0.15, -0.1) is 0 Å². The topological polar surface area (TPSA) is 43.3 Å². The molecular weight excluding hydrogens is 400 g/mol. The number of allylic oxidation sites excluding steroid dienone is 1. The van der Waals surface area contributed by atoms with Gasteiger partial charge in [0.25, 0.3) is 0 Å². The average Bonchev–Trinajstić information content (AvgIpc) is 2.79. The number of likely N-dealkylation sites (N-methyl/N-ethyl adjacent to an activating group) is 1. The molecule has 0 spiro atoms. The molecule has 0 fully saturated rings. The van der Waals surface area contributed by atoms with Crippen LogP contribution in [0.1, 0.15) is 43.4 Å². The molecule has 0 aliphatic carbocycles. The van der Waals surface area contributed by atoms with Crippen LogP contribution < -0.4 is 9.47 Å². The van der Waals surface area contributed by atoms with Crippen molar-refractivity contribution in [2.24, 2.45) is 5.16 Å². The van der Waals surface area contributed by atoms with Gasteiger partial charge in [-0.1, -0.05) is 54.6 Å². The highest BCUT2D eigenvalue weighted by atomic mass is 16.6. The van der Waals surface area contributed by atoms with Crippen LogP contribution in [0.15, 0.2) is 59.8 Å². The van der Waals surface area contributed by atoms with E-state index in [9.17, 15) is 0 Å². The van der Waals surface area contributed by atoms with E-state index < -0.39 is 0 Å². The van der Waals surface area contributed by atoms with Crippen LogP contribution in [0.4, 0.5) is 0 Å². The van der Waals surface area contributed by atoms with Crippen LogP contribution in [0, 0.1) is 13.8 Å². The van der Waals surface area contributed by atoms with E-state index in [0.29, 0.717) is 13.2 Å². The van der Waals surface area contributed by atoms with Crippen molar-refractivity contribution in [2.45, 2.75) is 40.5 Å². The predicted octanol–water partition coefficient (Wildman–Crippen LogP) is 5.79. The number of nitrogens with zero attached hydrogens (tertiary/aromatic N) is 2. The fraction of sp³-hybridized carbons (Fsp3) is 0.444. The van der Waals surface area contributed by atoms with E-state index >= 15 is 0 Å². The van der Waals surface area contributed by atoms with Crippen molar-refractivity contribution < 1.29 is 14.3 Å². The van der Waals surface area contributed by atoms with Crippen molar-refractivity contribution in [3.63, 3.8) is 0 Å². The molecule has 0 radical (unpaired) electrons. The maximum Gasteiger partial charge on any atom is 0.125 e. The number of benzene rings is 2. The summed E-state index contributed by atoms with van der Waals surface area (Å²) < 4.78 is 11.9. The molecule has 0 atom stereocenters. The van der Waals surface area contributed by atoms with Crippen LogP contribution >= 0.6 is 0 Å². The van der Waals surface area contributed by atoms with Gasteiger partial charge in [-0.3, -0.25) is 4.90 Å². The summed E-state index contributed by atoms with van der Waals surface area (Å²) >= 11 is 0. The van der Waals surface area contributed by atoms with Gasteiger partial charge in [0, 0.05) is 12.1 Å². The Morgan fingerprint density at radius 3 is 2.38 bits per heavy atom. The lowest BCUT2D eigenvalue weighted by molar-refractivity contribution is 0.210. The third-order valence-corrected chi connectivity index (χ3v) is 5.26. The summed E-state index contributed by atoms with van der Waals surface area (Å²) in [5, 5.41) is 4.25. The molecule has 0 saturated carbocycles. The molecule has 32 heavy (non-hydrogen) atoms. The maximum atomic E-state index is 6.12. The van der Waals surface area contributed by atoms with Gasteiger partial charge in [0.05, 0.1) is 6.61 Å². The highest BCUT2D eigenvalue weighted by Gasteiger charge is 2.11. The number of unbranched alkanes of at least 4 members (excludes halogenated alkanes) is 1. The van der Waals surface area contributed by atoms with Gasteiger partial charge in [-0.2, -0.15) is 0 Å². The van der Waals surface area contributed by atoms with E-state index in [-0.39, 0.29) is 0 Å². The van der Waals surface area contributed by atoms with Gasteiger partial charge in [0.15, 0.2) is 0 Å². The molecule has 0 heterocycles. The summed E-state index contributed by atoms with van der Waals surface area (Å²) in [5.41, 5.74) is 4.27. The average molecular weight is 439 g/mol. The number of hydrogen-bond acceptors (Lipinski definition) is 5. The van der Waals surface area contributed by atoms with E-state index in [2.05, 4.69) is 43.0 Å². The molecule has 0 aliphatic heterocycles. The van der Waals surface area contributed by atoms with Gasteiger partial charge in [-0.25, -0.2) is 0 Å². The Kier molecular flexibility index (Phi) is 11.4. The summed E-state index contributed by atoms with van der Waals surface area (Å²) in [6, 6.07) is 14.3. The normalized spacial score (nSPS) is 11.9. The third-order valence-electron chi connectivity index (χ3n) is 5.26. The SMILES string of the molecule is C/C=C/COc1cc(C)c(OCCCCN(CC)C/C(=N/OC)c2ccccc2)c(C)c1. The maximum absolute atomic E-state index is 6.12. The lowest BCUT2D eigenvalue weighted by Crippen LogP contribution is -2.31. The van der Waals surface area contributed by atoms with Crippen LogP contribution in [-0.4, -0.2) is 50.6 Å². The van der Waals surface area contributed by atoms with E-state index in [1.807, 2.05) is 49.4 Å². The summed E-state index contributed by atoms with van der Waals surface area (Å²) in [6.07, 6.45) is 6.05. The monoisotopic (exact) mass is 438 g/mol. The van der Waals surface area contributed by atoms with Crippen LogP contribution in [0.5, 0.6) is 11.5 Å². The molecule has 0 unspecified atom stereocenters. The molecule has 174 valence electrons. The molecule has 0 amide bonds. The number of rotatable bonds is 14. The van der Waals surface area contributed by atoms with Crippen LogP contribution in [-0.2, 0) is 4.84 Å². The minimum absolute atomic E-state index is 0.588. The van der Waals surface area contributed by atoms with Gasteiger partial charge < -0.3 is 14.3 Å².